The maximum absolute atomic E-state index is 12.2. The van der Waals surface area contributed by atoms with Crippen molar-refractivity contribution in [3.8, 4) is 0 Å². The summed E-state index contributed by atoms with van der Waals surface area (Å²) in [6.45, 7) is 5.79. The van der Waals surface area contributed by atoms with Crippen molar-refractivity contribution in [1.82, 2.24) is 15.1 Å². The fourth-order valence-corrected chi connectivity index (χ4v) is 1.92. The number of aromatic nitrogens is 2. The van der Waals surface area contributed by atoms with E-state index in [1.165, 1.54) is 0 Å². The van der Waals surface area contributed by atoms with Crippen LogP contribution < -0.4 is 5.32 Å². The standard InChI is InChI=1S/C15H19N3O/c1-11-9-16-18(10-11)13(3)15(19)17-12(2)14-7-5-4-6-8-14/h4-10,12-13H,1-3H3,(H,17,19). The van der Waals surface area contributed by atoms with Crippen LogP contribution in [0.3, 0.4) is 0 Å². The van der Waals surface area contributed by atoms with Gasteiger partial charge in [-0.05, 0) is 31.9 Å². The van der Waals surface area contributed by atoms with Crippen LogP contribution in [0, 0.1) is 6.92 Å². The SMILES string of the molecule is Cc1cnn(C(C)C(=O)NC(C)c2ccccc2)c1. The highest BCUT2D eigenvalue weighted by molar-refractivity contribution is 5.80. The Kier molecular flexibility index (Phi) is 4.00. The monoisotopic (exact) mass is 257 g/mol. The van der Waals surface area contributed by atoms with E-state index in [-0.39, 0.29) is 18.0 Å². The smallest absolute Gasteiger partial charge is 0.245 e. The molecule has 0 saturated carbocycles. The number of aryl methyl sites for hydroxylation is 1. The minimum Gasteiger partial charge on any atom is -0.348 e. The number of benzene rings is 1. The molecule has 2 atom stereocenters. The van der Waals surface area contributed by atoms with E-state index in [0.29, 0.717) is 0 Å². The molecule has 0 spiro atoms. The number of nitrogens with one attached hydrogen (secondary N) is 1. The van der Waals surface area contributed by atoms with Crippen LogP contribution in [0.5, 0.6) is 0 Å². The van der Waals surface area contributed by atoms with E-state index >= 15 is 0 Å². The number of hydrogen-bond donors (Lipinski definition) is 1. The van der Waals surface area contributed by atoms with Gasteiger partial charge in [-0.1, -0.05) is 30.3 Å². The zero-order chi connectivity index (χ0) is 13.8. The molecule has 0 fully saturated rings. The molecule has 4 heteroatoms. The largest absolute Gasteiger partial charge is 0.348 e. The van der Waals surface area contributed by atoms with Crippen LogP contribution in [-0.4, -0.2) is 15.7 Å². The van der Waals surface area contributed by atoms with Gasteiger partial charge in [-0.15, -0.1) is 0 Å². The van der Waals surface area contributed by atoms with Gasteiger partial charge in [-0.25, -0.2) is 0 Å². The molecule has 1 N–H and O–H groups in total. The molecule has 0 aliphatic heterocycles. The maximum atomic E-state index is 12.2. The van der Waals surface area contributed by atoms with E-state index in [2.05, 4.69) is 10.4 Å². The Morgan fingerprint density at radius 3 is 2.53 bits per heavy atom. The highest BCUT2D eigenvalue weighted by atomic mass is 16.2. The van der Waals surface area contributed by atoms with Gasteiger partial charge in [-0.3, -0.25) is 9.48 Å². The van der Waals surface area contributed by atoms with Crippen molar-refractivity contribution in [1.29, 1.82) is 0 Å². The van der Waals surface area contributed by atoms with Crippen molar-refractivity contribution >= 4 is 5.91 Å². The summed E-state index contributed by atoms with van der Waals surface area (Å²) in [7, 11) is 0. The Bertz CT molecular complexity index is 548. The Morgan fingerprint density at radius 1 is 1.26 bits per heavy atom. The fourth-order valence-electron chi connectivity index (χ4n) is 1.92. The first-order valence-corrected chi connectivity index (χ1v) is 6.44. The Hall–Kier alpha value is -2.10. The average Bonchev–Trinajstić information content (AvgIpc) is 2.85. The van der Waals surface area contributed by atoms with Crippen molar-refractivity contribution in [3.63, 3.8) is 0 Å². The van der Waals surface area contributed by atoms with Crippen LogP contribution >= 0.6 is 0 Å². The van der Waals surface area contributed by atoms with Crippen molar-refractivity contribution in [2.75, 3.05) is 0 Å². The van der Waals surface area contributed by atoms with Gasteiger partial charge < -0.3 is 5.32 Å². The molecule has 0 aliphatic carbocycles. The zero-order valence-corrected chi connectivity index (χ0v) is 11.5. The van der Waals surface area contributed by atoms with Gasteiger partial charge in [0.25, 0.3) is 0 Å². The highest BCUT2D eigenvalue weighted by Crippen LogP contribution is 2.13. The summed E-state index contributed by atoms with van der Waals surface area (Å²) in [5.74, 6) is -0.0283. The molecule has 2 rings (SSSR count). The summed E-state index contributed by atoms with van der Waals surface area (Å²) in [4.78, 5) is 12.2. The van der Waals surface area contributed by atoms with Gasteiger partial charge in [0.1, 0.15) is 6.04 Å². The molecule has 0 bridgehead atoms. The maximum Gasteiger partial charge on any atom is 0.245 e. The summed E-state index contributed by atoms with van der Waals surface area (Å²) in [6.07, 6.45) is 3.63. The third-order valence-electron chi connectivity index (χ3n) is 3.17. The van der Waals surface area contributed by atoms with Gasteiger partial charge in [-0.2, -0.15) is 5.10 Å². The van der Waals surface area contributed by atoms with Crippen LogP contribution in [0.1, 0.15) is 37.1 Å². The van der Waals surface area contributed by atoms with Crippen LogP contribution in [0.15, 0.2) is 42.7 Å². The number of nitrogens with zero attached hydrogens (tertiary/aromatic N) is 2. The van der Waals surface area contributed by atoms with Gasteiger partial charge in [0.05, 0.1) is 12.2 Å². The fraction of sp³-hybridized carbons (Fsp3) is 0.333. The molecule has 19 heavy (non-hydrogen) atoms. The van der Waals surface area contributed by atoms with Crippen molar-refractivity contribution in [2.45, 2.75) is 32.9 Å². The average molecular weight is 257 g/mol. The lowest BCUT2D eigenvalue weighted by Gasteiger charge is -2.18. The number of carbonyl (C=O) groups is 1. The Balaban J connectivity index is 2.01. The van der Waals surface area contributed by atoms with Crippen LogP contribution in [0.4, 0.5) is 0 Å². The highest BCUT2D eigenvalue weighted by Gasteiger charge is 2.17. The molecule has 1 aromatic carbocycles. The predicted molar refractivity (Wildman–Crippen MR) is 74.7 cm³/mol. The van der Waals surface area contributed by atoms with E-state index < -0.39 is 0 Å². The first-order chi connectivity index (χ1) is 9.08. The summed E-state index contributed by atoms with van der Waals surface area (Å²) < 4.78 is 1.68. The predicted octanol–water partition coefficient (Wildman–Crippen LogP) is 2.63. The molecule has 0 saturated heterocycles. The first kappa shape index (κ1) is 13.3. The van der Waals surface area contributed by atoms with Gasteiger partial charge in [0, 0.05) is 6.20 Å². The molecule has 1 amide bonds. The van der Waals surface area contributed by atoms with Crippen molar-refractivity contribution in [3.05, 3.63) is 53.9 Å². The van der Waals surface area contributed by atoms with Crippen molar-refractivity contribution < 1.29 is 4.79 Å². The van der Waals surface area contributed by atoms with Crippen LogP contribution in [0.25, 0.3) is 0 Å². The molecule has 0 radical (unpaired) electrons. The second-order valence-electron chi connectivity index (χ2n) is 4.81. The Labute approximate surface area is 113 Å². The van der Waals surface area contributed by atoms with E-state index in [4.69, 9.17) is 0 Å². The lowest BCUT2D eigenvalue weighted by Crippen LogP contribution is -2.33. The van der Waals surface area contributed by atoms with E-state index in [0.717, 1.165) is 11.1 Å². The van der Waals surface area contributed by atoms with Crippen LogP contribution in [-0.2, 0) is 4.79 Å². The molecule has 0 aliphatic rings. The van der Waals surface area contributed by atoms with E-state index in [9.17, 15) is 4.79 Å². The summed E-state index contributed by atoms with van der Waals surface area (Å²) in [6, 6.07) is 9.61. The second-order valence-corrected chi connectivity index (χ2v) is 4.81. The normalized spacial score (nSPS) is 13.8. The van der Waals surface area contributed by atoms with Crippen molar-refractivity contribution in [2.24, 2.45) is 0 Å². The topological polar surface area (TPSA) is 46.9 Å². The minimum absolute atomic E-state index is 0.00666. The molecular weight excluding hydrogens is 238 g/mol. The summed E-state index contributed by atoms with van der Waals surface area (Å²) >= 11 is 0. The summed E-state index contributed by atoms with van der Waals surface area (Å²) in [5, 5.41) is 7.18. The zero-order valence-electron chi connectivity index (χ0n) is 11.5. The van der Waals surface area contributed by atoms with Crippen LogP contribution in [0.2, 0.25) is 0 Å². The number of hydrogen-bond acceptors (Lipinski definition) is 2. The molecule has 1 aromatic heterocycles. The van der Waals surface area contributed by atoms with Gasteiger partial charge in [0.15, 0.2) is 0 Å². The Morgan fingerprint density at radius 2 is 1.95 bits per heavy atom. The van der Waals surface area contributed by atoms with E-state index in [1.54, 1.807) is 10.9 Å². The number of amides is 1. The van der Waals surface area contributed by atoms with Gasteiger partial charge in [0.2, 0.25) is 5.91 Å². The minimum atomic E-state index is -0.306. The molecule has 2 unspecified atom stereocenters. The second kappa shape index (κ2) is 5.69. The van der Waals surface area contributed by atoms with E-state index in [1.807, 2.05) is 57.3 Å². The lowest BCUT2D eigenvalue weighted by atomic mass is 10.1. The number of carbonyl (C=O) groups excluding carboxylic acids is 1. The third kappa shape index (κ3) is 3.22. The molecule has 100 valence electrons. The lowest BCUT2D eigenvalue weighted by molar-refractivity contribution is -0.124. The molecule has 4 nitrogen and oxygen atoms in total. The first-order valence-electron chi connectivity index (χ1n) is 6.44. The quantitative estimate of drug-likeness (QED) is 0.915. The molecular formula is C15H19N3O. The molecule has 1 heterocycles. The number of rotatable bonds is 4. The molecule has 2 aromatic rings. The summed E-state index contributed by atoms with van der Waals surface area (Å²) in [5.41, 5.74) is 2.15. The van der Waals surface area contributed by atoms with Gasteiger partial charge >= 0.3 is 0 Å². The third-order valence-corrected chi connectivity index (χ3v) is 3.17.